The Kier molecular flexibility index (Phi) is 12.6. The van der Waals surface area contributed by atoms with E-state index in [0.717, 1.165) is 25.3 Å². The van der Waals surface area contributed by atoms with Gasteiger partial charge in [-0.2, -0.15) is 0 Å². The summed E-state index contributed by atoms with van der Waals surface area (Å²) in [7, 11) is 1.14. The van der Waals surface area contributed by atoms with Crippen molar-refractivity contribution in [2.75, 3.05) is 26.9 Å². The molecular weight excluding hydrogens is 760 g/mol. The van der Waals surface area contributed by atoms with E-state index in [-0.39, 0.29) is 33.8 Å². The second kappa shape index (κ2) is 16.9. The first-order valence-corrected chi connectivity index (χ1v) is 17.1. The monoisotopic (exact) mass is 802 g/mol. The highest BCUT2D eigenvalue weighted by Crippen LogP contribution is 2.40. The second-order valence-corrected chi connectivity index (χ2v) is 13.3. The van der Waals surface area contributed by atoms with E-state index in [0.29, 0.717) is 0 Å². The summed E-state index contributed by atoms with van der Waals surface area (Å²) in [6, 6.07) is 5.64. The summed E-state index contributed by atoms with van der Waals surface area (Å²) in [6.07, 6.45) is -25.1. The molecule has 0 bridgehead atoms. The Bertz CT molecular complexity index is 1880. The molecule has 3 aliphatic rings. The van der Waals surface area contributed by atoms with Crippen LogP contribution in [0.5, 0.6) is 28.7 Å². The molecule has 0 radical (unpaired) electrons. The normalized spacial score (nSPS) is 36.3. The predicted molar refractivity (Wildman–Crippen MR) is 179 cm³/mol. The Labute approximate surface area is 314 Å². The van der Waals surface area contributed by atoms with Crippen molar-refractivity contribution in [3.8, 4) is 40.1 Å². The van der Waals surface area contributed by atoms with Gasteiger partial charge in [0, 0.05) is 17.7 Å². The number of aliphatic hydroxyl groups is 11. The first-order valence-electron chi connectivity index (χ1n) is 17.1. The van der Waals surface area contributed by atoms with E-state index in [1.807, 2.05) is 0 Å². The van der Waals surface area contributed by atoms with E-state index < -0.39 is 135 Å². The minimum atomic E-state index is -1.91. The largest absolute Gasteiger partial charge is 0.507 e. The summed E-state index contributed by atoms with van der Waals surface area (Å²) in [5, 5.41) is 133. The molecule has 0 amide bonds. The van der Waals surface area contributed by atoms with Crippen LogP contribution in [-0.4, -0.2) is 185 Å². The third-order valence-electron chi connectivity index (χ3n) is 9.62. The van der Waals surface area contributed by atoms with Gasteiger partial charge >= 0.3 is 0 Å². The molecule has 3 fully saturated rings. The smallest absolute Gasteiger partial charge is 0.239 e. The van der Waals surface area contributed by atoms with E-state index in [9.17, 15) is 71.2 Å². The molecule has 310 valence electrons. The van der Waals surface area contributed by atoms with Crippen LogP contribution in [0.2, 0.25) is 0 Å². The molecule has 15 unspecified atom stereocenters. The van der Waals surface area contributed by atoms with Gasteiger partial charge in [-0.05, 0) is 18.2 Å². The number of methoxy groups -OCH3 is 1. The van der Waals surface area contributed by atoms with Crippen LogP contribution in [0.15, 0.2) is 39.5 Å². The lowest BCUT2D eigenvalue weighted by Gasteiger charge is -2.42. The van der Waals surface area contributed by atoms with Gasteiger partial charge in [0.05, 0.1) is 26.9 Å². The summed E-state index contributed by atoms with van der Waals surface area (Å²) < 4.78 is 44.0. The molecule has 0 aliphatic carbocycles. The number of hydrogen-bond donors (Lipinski definition) is 13. The van der Waals surface area contributed by atoms with Crippen LogP contribution in [0.3, 0.4) is 0 Å². The molecule has 0 saturated carbocycles. The standard InChI is InChI=1S/C34H42O22/c1-49-31-23(42)19-13(38)5-11(51-33-28(47)26(45)22(41)18(56-33)9-50-32-27(46)24(43)20(39)16(7-35)54-32)6-15(19)52-30(31)10-2-3-14(12(37)4-10)53-34-29(48)25(44)21(40)17(8-36)55-34/h2-6,16-18,20-22,24-29,32-41,43-48H,7-9H2,1H3. The van der Waals surface area contributed by atoms with Crippen LogP contribution >= 0.6 is 0 Å². The Morgan fingerprint density at radius 2 is 1.16 bits per heavy atom. The molecule has 2 aromatic carbocycles. The number of hydrogen-bond acceptors (Lipinski definition) is 22. The van der Waals surface area contributed by atoms with E-state index in [1.165, 1.54) is 12.1 Å². The molecule has 3 saturated heterocycles. The third kappa shape index (κ3) is 7.83. The van der Waals surface area contributed by atoms with Crippen molar-refractivity contribution in [2.24, 2.45) is 0 Å². The summed E-state index contributed by atoms with van der Waals surface area (Å²) in [5.41, 5.74) is -1.15. The van der Waals surface area contributed by atoms with Gasteiger partial charge in [0.2, 0.25) is 23.8 Å². The van der Waals surface area contributed by atoms with Crippen molar-refractivity contribution in [1.82, 2.24) is 0 Å². The van der Waals surface area contributed by atoms with Gasteiger partial charge < -0.3 is 104 Å². The highest BCUT2D eigenvalue weighted by atomic mass is 16.7. The molecule has 3 aromatic rings. The number of rotatable bonds is 11. The molecule has 56 heavy (non-hydrogen) atoms. The minimum Gasteiger partial charge on any atom is -0.507 e. The average molecular weight is 803 g/mol. The Hall–Kier alpha value is -3.95. The van der Waals surface area contributed by atoms with Gasteiger partial charge in [0.25, 0.3) is 0 Å². The fraction of sp³-hybridized carbons (Fsp3) is 0.559. The van der Waals surface area contributed by atoms with Gasteiger partial charge in [-0.15, -0.1) is 0 Å². The molecule has 15 atom stereocenters. The van der Waals surface area contributed by atoms with Crippen LogP contribution in [0.1, 0.15) is 0 Å². The zero-order valence-electron chi connectivity index (χ0n) is 29.2. The summed E-state index contributed by atoms with van der Waals surface area (Å²) in [5.74, 6) is -2.53. The van der Waals surface area contributed by atoms with Gasteiger partial charge in [-0.25, -0.2) is 0 Å². The summed E-state index contributed by atoms with van der Waals surface area (Å²) >= 11 is 0. The zero-order valence-corrected chi connectivity index (χ0v) is 29.2. The van der Waals surface area contributed by atoms with Crippen LogP contribution in [-0.2, 0) is 18.9 Å². The number of ether oxygens (including phenoxy) is 7. The zero-order chi connectivity index (χ0) is 40.7. The van der Waals surface area contributed by atoms with Crippen LogP contribution in [0, 0.1) is 0 Å². The van der Waals surface area contributed by atoms with Gasteiger partial charge in [0.1, 0.15) is 95.7 Å². The minimum absolute atomic E-state index is 0.0238. The Morgan fingerprint density at radius 1 is 0.625 bits per heavy atom. The summed E-state index contributed by atoms with van der Waals surface area (Å²) in [4.78, 5) is 13.5. The summed E-state index contributed by atoms with van der Waals surface area (Å²) in [6.45, 7) is -2.10. The van der Waals surface area contributed by atoms with E-state index >= 15 is 0 Å². The van der Waals surface area contributed by atoms with Crippen molar-refractivity contribution in [3.63, 3.8) is 0 Å². The van der Waals surface area contributed by atoms with E-state index in [4.69, 9.17) is 37.6 Å². The van der Waals surface area contributed by atoms with E-state index in [1.54, 1.807) is 0 Å². The van der Waals surface area contributed by atoms with Gasteiger partial charge in [-0.3, -0.25) is 4.79 Å². The molecule has 6 rings (SSSR count). The fourth-order valence-corrected chi connectivity index (χ4v) is 6.43. The molecule has 22 nitrogen and oxygen atoms in total. The number of phenols is 2. The maximum absolute atomic E-state index is 13.5. The van der Waals surface area contributed by atoms with Crippen molar-refractivity contribution >= 4 is 11.0 Å². The first-order chi connectivity index (χ1) is 26.6. The maximum Gasteiger partial charge on any atom is 0.239 e. The third-order valence-corrected chi connectivity index (χ3v) is 9.62. The molecule has 4 heterocycles. The van der Waals surface area contributed by atoms with Crippen molar-refractivity contribution in [2.45, 2.75) is 92.1 Å². The van der Waals surface area contributed by atoms with Crippen molar-refractivity contribution in [3.05, 3.63) is 40.6 Å². The number of fused-ring (bicyclic) bond motifs is 1. The van der Waals surface area contributed by atoms with Gasteiger partial charge in [0.15, 0.2) is 23.5 Å². The Morgan fingerprint density at radius 3 is 1.73 bits per heavy atom. The average Bonchev–Trinajstić information content (AvgIpc) is 3.17. The van der Waals surface area contributed by atoms with Crippen LogP contribution < -0.4 is 19.6 Å². The maximum atomic E-state index is 13.5. The lowest BCUT2D eigenvalue weighted by atomic mass is 9.98. The highest BCUT2D eigenvalue weighted by Gasteiger charge is 2.48. The Balaban J connectivity index is 1.23. The SMILES string of the molecule is COc1c(-c2ccc(OC3OC(CO)C(O)C(O)C3O)c(O)c2)oc2cc(OC3OC(COC4OC(CO)C(O)C(O)C4O)C(O)C(O)C3O)cc(O)c2c1=O. The molecule has 3 aliphatic heterocycles. The van der Waals surface area contributed by atoms with Crippen molar-refractivity contribution in [1.29, 1.82) is 0 Å². The molecular formula is C34H42O22. The highest BCUT2D eigenvalue weighted by molar-refractivity contribution is 5.88. The van der Waals surface area contributed by atoms with Crippen LogP contribution in [0.25, 0.3) is 22.3 Å². The molecule has 0 spiro atoms. The lowest BCUT2D eigenvalue weighted by Crippen LogP contribution is -2.62. The number of aromatic hydroxyl groups is 2. The quantitative estimate of drug-likeness (QED) is 0.0863. The molecule has 22 heteroatoms. The topological polar surface area (TPSA) is 358 Å². The number of phenolic OH excluding ortho intramolecular Hbond substituents is 2. The lowest BCUT2D eigenvalue weighted by molar-refractivity contribution is -0.323. The van der Waals surface area contributed by atoms with Crippen molar-refractivity contribution < 1.29 is 104 Å². The number of benzene rings is 2. The second-order valence-electron chi connectivity index (χ2n) is 13.3. The van der Waals surface area contributed by atoms with Crippen LogP contribution in [0.4, 0.5) is 0 Å². The molecule has 1 aromatic heterocycles. The fourth-order valence-electron chi connectivity index (χ4n) is 6.43. The number of aliphatic hydroxyl groups excluding tert-OH is 11. The van der Waals surface area contributed by atoms with E-state index in [2.05, 4.69) is 0 Å². The molecule has 13 N–H and O–H groups in total. The van der Waals surface area contributed by atoms with Gasteiger partial charge in [-0.1, -0.05) is 0 Å². The first kappa shape index (κ1) is 41.7. The predicted octanol–water partition coefficient (Wildman–Crippen LogP) is -4.94.